The van der Waals surface area contributed by atoms with E-state index in [1.54, 1.807) is 6.20 Å². The maximum absolute atomic E-state index is 11.7. The van der Waals surface area contributed by atoms with Crippen molar-refractivity contribution in [1.82, 2.24) is 30.7 Å². The van der Waals surface area contributed by atoms with Crippen molar-refractivity contribution in [2.45, 2.75) is 45.0 Å². The molecule has 0 bridgehead atoms. The van der Waals surface area contributed by atoms with Gasteiger partial charge < -0.3 is 41.8 Å². The number of aliphatic carboxylic acids is 1. The van der Waals surface area contributed by atoms with E-state index in [9.17, 15) is 19.5 Å². The van der Waals surface area contributed by atoms with E-state index >= 15 is 0 Å². The van der Waals surface area contributed by atoms with E-state index in [2.05, 4.69) is 36.5 Å². The minimum absolute atomic E-state index is 0.106. The van der Waals surface area contributed by atoms with Crippen molar-refractivity contribution in [2.75, 3.05) is 0 Å². The molecule has 0 aromatic carbocycles. The largest absolute Gasteiger partial charge is 0.480 e. The highest BCUT2D eigenvalue weighted by Crippen LogP contribution is 2.11. The van der Waals surface area contributed by atoms with Gasteiger partial charge in [-0.3, -0.25) is 4.79 Å². The van der Waals surface area contributed by atoms with E-state index in [-0.39, 0.29) is 24.2 Å². The molecule has 0 saturated heterocycles. The van der Waals surface area contributed by atoms with E-state index in [1.807, 2.05) is 0 Å². The molecule has 0 saturated carbocycles. The van der Waals surface area contributed by atoms with Gasteiger partial charge in [-0.15, -0.1) is 0 Å². The smallest absolute Gasteiger partial charge is 0.328 e. The molecule has 0 spiro atoms. The lowest BCUT2D eigenvalue weighted by molar-refractivity contribution is -0.141. The van der Waals surface area contributed by atoms with Crippen LogP contribution in [-0.2, 0) is 22.6 Å². The van der Waals surface area contributed by atoms with Gasteiger partial charge in [-0.05, 0) is 6.92 Å². The summed E-state index contributed by atoms with van der Waals surface area (Å²) >= 11 is 0. The average Bonchev–Trinajstić information content (AvgIpc) is 3.28. The molecule has 160 valence electrons. The van der Waals surface area contributed by atoms with Crippen LogP contribution in [-0.4, -0.2) is 60.4 Å². The summed E-state index contributed by atoms with van der Waals surface area (Å²) in [5, 5.41) is 26.4. The third-order valence-electron chi connectivity index (χ3n) is 3.25. The summed E-state index contributed by atoms with van der Waals surface area (Å²) in [7, 11) is 0. The topological polar surface area (TPSA) is 235 Å². The highest BCUT2D eigenvalue weighted by molar-refractivity contribution is 5.82. The van der Waals surface area contributed by atoms with Crippen LogP contribution >= 0.6 is 0 Å². The van der Waals surface area contributed by atoms with Crippen LogP contribution in [0, 0.1) is 0 Å². The first-order valence-corrected chi connectivity index (χ1v) is 8.36. The van der Waals surface area contributed by atoms with E-state index in [4.69, 9.17) is 15.4 Å². The number of hydrogen-bond donors (Lipinski definition) is 7. The number of carbonyl (C=O) groups is 3. The number of carboxylic acids is 1. The van der Waals surface area contributed by atoms with Crippen molar-refractivity contribution in [3.05, 3.63) is 29.9 Å². The fraction of sp³-hybridized carbons (Fsp3) is 0.467. The number of aliphatic hydroxyl groups is 1. The molecule has 0 fully saturated rings. The van der Waals surface area contributed by atoms with Crippen LogP contribution in [0.2, 0.25) is 0 Å². The number of nitrogens with one attached hydrogen (secondary N) is 3. The SMILES string of the molecule is CC(N)=O.CC(O)C(NC(=O)NCc1nc(C(N)Cc2cnc[nH]2)no1)C(=O)O. The molecule has 0 aliphatic rings. The zero-order chi connectivity index (χ0) is 22.0. The van der Waals surface area contributed by atoms with Crippen LogP contribution in [0.1, 0.15) is 37.3 Å². The second-order valence-corrected chi connectivity index (χ2v) is 5.93. The molecule has 0 aliphatic carbocycles. The Hall–Kier alpha value is -3.52. The van der Waals surface area contributed by atoms with Crippen LogP contribution in [0.3, 0.4) is 0 Å². The van der Waals surface area contributed by atoms with Crippen molar-refractivity contribution in [3.63, 3.8) is 0 Å². The maximum Gasteiger partial charge on any atom is 0.328 e. The van der Waals surface area contributed by atoms with Crippen molar-refractivity contribution in [3.8, 4) is 0 Å². The number of aliphatic hydroxyl groups excluding tert-OH is 1. The molecule has 0 radical (unpaired) electrons. The molecular formula is C15H24N8O6. The molecule has 2 aromatic heterocycles. The first-order valence-electron chi connectivity index (χ1n) is 8.36. The number of amides is 3. The van der Waals surface area contributed by atoms with Gasteiger partial charge in [0.1, 0.15) is 0 Å². The second kappa shape index (κ2) is 11.4. The number of aromatic nitrogens is 4. The van der Waals surface area contributed by atoms with Crippen molar-refractivity contribution >= 4 is 17.9 Å². The predicted molar refractivity (Wildman–Crippen MR) is 96.9 cm³/mol. The number of urea groups is 1. The minimum Gasteiger partial charge on any atom is -0.480 e. The van der Waals surface area contributed by atoms with Gasteiger partial charge in [0.15, 0.2) is 11.9 Å². The highest BCUT2D eigenvalue weighted by atomic mass is 16.5. The summed E-state index contributed by atoms with van der Waals surface area (Å²) in [5.41, 5.74) is 11.2. The van der Waals surface area contributed by atoms with Crippen LogP contribution in [0.5, 0.6) is 0 Å². The molecule has 0 aliphatic heterocycles. The molecule has 29 heavy (non-hydrogen) atoms. The molecule has 2 aromatic rings. The van der Waals surface area contributed by atoms with Gasteiger partial charge in [-0.25, -0.2) is 14.6 Å². The van der Waals surface area contributed by atoms with Crippen LogP contribution in [0.4, 0.5) is 4.79 Å². The van der Waals surface area contributed by atoms with E-state index < -0.39 is 30.2 Å². The summed E-state index contributed by atoms with van der Waals surface area (Å²) in [5.74, 6) is -1.32. The van der Waals surface area contributed by atoms with Gasteiger partial charge in [0.05, 0.1) is 25.0 Å². The summed E-state index contributed by atoms with van der Waals surface area (Å²) in [6.07, 6.45) is 2.35. The Kier molecular flexibility index (Phi) is 9.21. The van der Waals surface area contributed by atoms with Gasteiger partial charge in [0.25, 0.3) is 0 Å². The first-order chi connectivity index (χ1) is 13.6. The molecule has 9 N–H and O–H groups in total. The Morgan fingerprint density at radius 3 is 2.55 bits per heavy atom. The normalized spacial score (nSPS) is 13.4. The average molecular weight is 412 g/mol. The number of H-pyrrole nitrogens is 1. The van der Waals surface area contributed by atoms with Crippen molar-refractivity contribution in [1.29, 1.82) is 0 Å². The highest BCUT2D eigenvalue weighted by Gasteiger charge is 2.25. The molecule has 3 amide bonds. The number of carbonyl (C=O) groups excluding carboxylic acids is 2. The first kappa shape index (κ1) is 23.5. The van der Waals surface area contributed by atoms with Crippen molar-refractivity contribution < 1.29 is 29.1 Å². The number of aromatic amines is 1. The molecule has 3 unspecified atom stereocenters. The Labute approximate surface area is 165 Å². The summed E-state index contributed by atoms with van der Waals surface area (Å²) < 4.78 is 4.98. The molecule has 14 nitrogen and oxygen atoms in total. The zero-order valence-corrected chi connectivity index (χ0v) is 15.8. The zero-order valence-electron chi connectivity index (χ0n) is 15.8. The second-order valence-electron chi connectivity index (χ2n) is 5.93. The Morgan fingerprint density at radius 1 is 1.38 bits per heavy atom. The molecular weight excluding hydrogens is 388 g/mol. The molecule has 3 atom stereocenters. The van der Waals surface area contributed by atoms with E-state index in [0.717, 1.165) is 5.69 Å². The van der Waals surface area contributed by atoms with Crippen LogP contribution < -0.4 is 22.1 Å². The maximum atomic E-state index is 11.7. The standard InChI is InChI=1S/C13H19N7O5.C2H5NO/c1-6(21)10(12(22)23)19-13(24)16-4-9-18-11(20-25-9)8(14)2-7-3-15-5-17-7;1-2(3)4/h3,5-6,8,10,21H,2,4,14H2,1H3,(H,15,17)(H,22,23)(H2,16,19,24);1H3,(H2,3,4). The quantitative estimate of drug-likeness (QED) is 0.256. The number of nitrogens with zero attached hydrogens (tertiary/aromatic N) is 3. The van der Waals surface area contributed by atoms with E-state index in [1.165, 1.54) is 20.2 Å². The third-order valence-corrected chi connectivity index (χ3v) is 3.25. The molecule has 2 heterocycles. The number of primary amides is 1. The predicted octanol–water partition coefficient (Wildman–Crippen LogP) is -1.84. The van der Waals surface area contributed by atoms with Crippen LogP contribution in [0.15, 0.2) is 17.0 Å². The summed E-state index contributed by atoms with van der Waals surface area (Å²) in [4.78, 5) is 42.6. The lowest BCUT2D eigenvalue weighted by Crippen LogP contribution is -2.51. The third kappa shape index (κ3) is 8.81. The van der Waals surface area contributed by atoms with Gasteiger partial charge in [0, 0.05) is 25.2 Å². The Bertz CT molecular complexity index is 787. The van der Waals surface area contributed by atoms with E-state index in [0.29, 0.717) is 6.42 Å². The van der Waals surface area contributed by atoms with Gasteiger partial charge in [0.2, 0.25) is 11.8 Å². The Morgan fingerprint density at radius 2 is 2.03 bits per heavy atom. The summed E-state index contributed by atoms with van der Waals surface area (Å²) in [6, 6.07) is -2.74. The van der Waals surface area contributed by atoms with Crippen LogP contribution in [0.25, 0.3) is 0 Å². The number of nitrogens with two attached hydrogens (primary N) is 2. The molecule has 2 rings (SSSR count). The van der Waals surface area contributed by atoms with Crippen molar-refractivity contribution in [2.24, 2.45) is 11.5 Å². The lowest BCUT2D eigenvalue weighted by Gasteiger charge is -2.16. The minimum atomic E-state index is -1.43. The fourth-order valence-corrected chi connectivity index (χ4v) is 1.95. The monoisotopic (exact) mass is 412 g/mol. The number of imidazole rings is 1. The molecule has 14 heteroatoms. The van der Waals surface area contributed by atoms with Gasteiger partial charge >= 0.3 is 12.0 Å². The summed E-state index contributed by atoms with van der Waals surface area (Å²) in [6.45, 7) is 2.44. The number of rotatable bonds is 8. The Balaban J connectivity index is 0.000000960. The lowest BCUT2D eigenvalue weighted by atomic mass is 10.2. The van der Waals surface area contributed by atoms with Gasteiger partial charge in [-0.2, -0.15) is 4.98 Å². The van der Waals surface area contributed by atoms with Gasteiger partial charge in [-0.1, -0.05) is 5.16 Å². The number of carboxylic acid groups (broad SMARTS) is 1. The number of hydrogen-bond acceptors (Lipinski definition) is 9. The fourth-order valence-electron chi connectivity index (χ4n) is 1.95.